The fourth-order valence-corrected chi connectivity index (χ4v) is 6.82. The smallest absolute Gasteiger partial charge is 0.0989 e. The summed E-state index contributed by atoms with van der Waals surface area (Å²) in [5, 5.41) is 0. The summed E-state index contributed by atoms with van der Waals surface area (Å²) in [5.74, 6) is 0.194. The molecule has 4 heteroatoms. The van der Waals surface area contributed by atoms with Crippen LogP contribution in [0.15, 0.2) is 12.2 Å². The van der Waals surface area contributed by atoms with Crippen molar-refractivity contribution >= 4 is 14.3 Å². The summed E-state index contributed by atoms with van der Waals surface area (Å²) in [6.07, 6.45) is 45.0. The van der Waals surface area contributed by atoms with Gasteiger partial charge in [-0.3, -0.25) is 0 Å². The Kier molecular flexibility index (Phi) is 34.9. The molecule has 0 aliphatic carbocycles. The average molecular weight is 652 g/mol. The number of unbranched alkanes of at least 4 members (excludes halogenated alkanes) is 25. The van der Waals surface area contributed by atoms with E-state index in [0.717, 1.165) is 23.9 Å². The molecule has 0 aliphatic heterocycles. The quantitative estimate of drug-likeness (QED) is 0.0289. The van der Waals surface area contributed by atoms with Gasteiger partial charge >= 0.3 is 0 Å². The predicted octanol–water partition coefficient (Wildman–Crippen LogP) is 14.0. The Labute approximate surface area is 286 Å². The van der Waals surface area contributed by atoms with Crippen LogP contribution in [-0.2, 0) is 9.32 Å². The predicted molar refractivity (Wildman–Crippen MR) is 203 cm³/mol. The third kappa shape index (κ3) is 36.4. The molecule has 268 valence electrons. The van der Waals surface area contributed by atoms with E-state index in [2.05, 4.69) is 47.1 Å². The van der Waals surface area contributed by atoms with Crippen LogP contribution in [0, 0.1) is 5.92 Å². The molecule has 3 nitrogen and oxygen atoms in total. The number of hydrogen-bond acceptors (Lipinski definition) is 2. The summed E-state index contributed by atoms with van der Waals surface area (Å²) < 4.78 is 6.68. The van der Waals surface area contributed by atoms with E-state index in [1.165, 1.54) is 180 Å². The molecule has 45 heavy (non-hydrogen) atoms. The first kappa shape index (κ1) is 44.8. The van der Waals surface area contributed by atoms with Crippen LogP contribution in [0.25, 0.3) is 0 Å². The summed E-state index contributed by atoms with van der Waals surface area (Å²) in [4.78, 5) is 13.1. The monoisotopic (exact) mass is 652 g/mol. The Bertz CT molecular complexity index is 629. The minimum Gasteiger partial charge on any atom is -0.546 e. The number of hydrogen-bond donors (Lipinski definition) is 0. The number of likely N-dealkylation sites (N-methyl/N-ethyl adjacent to an activating group) is 1. The number of rotatable bonds is 37. The van der Waals surface area contributed by atoms with Gasteiger partial charge in [0.15, 0.2) is 0 Å². The van der Waals surface area contributed by atoms with Gasteiger partial charge < -0.3 is 22.6 Å². The molecular weight excluding hydrogens is 569 g/mol. The van der Waals surface area contributed by atoms with E-state index in [0.29, 0.717) is 20.9 Å². The van der Waals surface area contributed by atoms with E-state index < -0.39 is 0 Å². The van der Waals surface area contributed by atoms with E-state index in [1.807, 2.05) is 0 Å². The van der Waals surface area contributed by atoms with Crippen LogP contribution in [-0.4, -0.2) is 44.3 Å². The normalized spacial score (nSPS) is 13.1. The number of quaternary nitrogens is 1. The van der Waals surface area contributed by atoms with Crippen molar-refractivity contribution in [1.82, 2.24) is 0 Å². The second-order valence-corrected chi connectivity index (χ2v) is 16.0. The van der Waals surface area contributed by atoms with Crippen molar-refractivity contribution < 1.29 is 13.8 Å². The Morgan fingerprint density at radius 3 is 1.22 bits per heavy atom. The van der Waals surface area contributed by atoms with Crippen LogP contribution in [0.4, 0.5) is 0 Å². The molecular formula is C41H82NO2P. The van der Waals surface area contributed by atoms with Gasteiger partial charge in [0.1, 0.15) is 0 Å². The highest BCUT2D eigenvalue weighted by atomic mass is 31.1. The lowest BCUT2D eigenvalue weighted by Crippen LogP contribution is -2.37. The number of carbonyl (C=O) groups is 1. The SMILES string of the molecule is CCCCCCCCC=CCCCCCCC(CCCCCCCCCCCCCCCCCC)C(=O)[P-]OCC[N+](C)(C)C. The van der Waals surface area contributed by atoms with Gasteiger partial charge in [-0.05, 0) is 44.4 Å². The Balaban J connectivity index is 4.01. The molecule has 0 amide bonds. The van der Waals surface area contributed by atoms with Crippen molar-refractivity contribution in [3.8, 4) is 0 Å². The molecule has 0 heterocycles. The number of nitrogens with zero attached hydrogens (tertiary/aromatic N) is 1. The van der Waals surface area contributed by atoms with Gasteiger partial charge in [0.2, 0.25) is 0 Å². The molecule has 0 saturated carbocycles. The van der Waals surface area contributed by atoms with Crippen molar-refractivity contribution in [2.45, 2.75) is 206 Å². The molecule has 1 unspecified atom stereocenters. The Hall–Kier alpha value is -0.240. The average Bonchev–Trinajstić information content (AvgIpc) is 3.01. The molecule has 0 radical (unpaired) electrons. The molecule has 0 aromatic heterocycles. The molecule has 0 spiro atoms. The molecule has 0 rings (SSSR count). The second kappa shape index (κ2) is 35.1. The fourth-order valence-electron chi connectivity index (χ4n) is 6.11. The first-order valence-corrected chi connectivity index (χ1v) is 21.0. The highest BCUT2D eigenvalue weighted by Gasteiger charge is 2.12. The fraction of sp³-hybridized carbons (Fsp3) is 0.927. The summed E-state index contributed by atoms with van der Waals surface area (Å²) in [6, 6.07) is 0. The Morgan fingerprint density at radius 2 is 0.867 bits per heavy atom. The molecule has 0 N–H and O–H groups in total. The lowest BCUT2D eigenvalue weighted by molar-refractivity contribution is -0.870. The zero-order valence-electron chi connectivity index (χ0n) is 31.6. The minimum absolute atomic E-state index is 0.194. The molecule has 0 aromatic rings. The van der Waals surface area contributed by atoms with E-state index in [4.69, 9.17) is 4.52 Å². The van der Waals surface area contributed by atoms with Gasteiger partial charge in [0.25, 0.3) is 0 Å². The second-order valence-electron chi connectivity index (χ2n) is 15.1. The zero-order chi connectivity index (χ0) is 33.1. The van der Waals surface area contributed by atoms with Crippen LogP contribution in [0.3, 0.4) is 0 Å². The number of carbonyl (C=O) groups excluding carboxylic acids is 1. The summed E-state index contributed by atoms with van der Waals surface area (Å²) in [5.41, 5.74) is 0.329. The van der Waals surface area contributed by atoms with Crippen LogP contribution in [0.1, 0.15) is 206 Å². The first-order valence-electron chi connectivity index (χ1n) is 20.2. The topological polar surface area (TPSA) is 26.3 Å². The van der Waals surface area contributed by atoms with E-state index in [-0.39, 0.29) is 5.92 Å². The van der Waals surface area contributed by atoms with Gasteiger partial charge in [-0.25, -0.2) is 0 Å². The van der Waals surface area contributed by atoms with Gasteiger partial charge in [0, 0.05) is 5.52 Å². The maximum atomic E-state index is 13.1. The van der Waals surface area contributed by atoms with E-state index in [9.17, 15) is 4.79 Å². The maximum absolute atomic E-state index is 13.1. The van der Waals surface area contributed by atoms with Crippen molar-refractivity contribution in [3.63, 3.8) is 0 Å². The van der Waals surface area contributed by atoms with Gasteiger partial charge in [0.05, 0.1) is 34.3 Å². The highest BCUT2D eigenvalue weighted by Crippen LogP contribution is 2.28. The Morgan fingerprint density at radius 1 is 0.533 bits per heavy atom. The van der Waals surface area contributed by atoms with Gasteiger partial charge in [-0.1, -0.05) is 180 Å². The van der Waals surface area contributed by atoms with Crippen LogP contribution in [0.5, 0.6) is 0 Å². The summed E-state index contributed by atoms with van der Waals surface area (Å²) in [6.45, 7) is 6.19. The van der Waals surface area contributed by atoms with Gasteiger partial charge in [-0.15, -0.1) is 0 Å². The highest BCUT2D eigenvalue weighted by molar-refractivity contribution is 7.53. The molecule has 0 aliphatic rings. The third-order valence-electron chi connectivity index (χ3n) is 9.33. The number of allylic oxidation sites excluding steroid dienone is 2. The lowest BCUT2D eigenvalue weighted by atomic mass is 9.95. The van der Waals surface area contributed by atoms with Gasteiger partial charge in [-0.2, -0.15) is 0 Å². The third-order valence-corrected chi connectivity index (χ3v) is 10.2. The van der Waals surface area contributed by atoms with Crippen LogP contribution < -0.4 is 0 Å². The van der Waals surface area contributed by atoms with E-state index in [1.54, 1.807) is 0 Å². The first-order chi connectivity index (χ1) is 21.9. The zero-order valence-corrected chi connectivity index (χ0v) is 32.5. The standard InChI is InChI=1S/C41H82NO2P/c1-6-8-10-12-14-16-18-20-22-23-25-27-29-31-33-35-37-40(41(43)45-44-39-38-42(3,4)5)36-34-32-30-28-26-24-21-19-17-15-13-11-9-7-2/h21,24,40H,6-20,22-23,25-39H2,1-5H3. The molecule has 0 fully saturated rings. The molecule has 0 bridgehead atoms. The van der Waals surface area contributed by atoms with Crippen molar-refractivity contribution in [2.75, 3.05) is 34.3 Å². The van der Waals surface area contributed by atoms with Crippen LogP contribution in [0.2, 0.25) is 0 Å². The van der Waals surface area contributed by atoms with Crippen molar-refractivity contribution in [1.29, 1.82) is 0 Å². The largest absolute Gasteiger partial charge is 0.546 e. The van der Waals surface area contributed by atoms with Crippen LogP contribution >= 0.6 is 8.81 Å². The minimum atomic E-state index is 0.194. The van der Waals surface area contributed by atoms with Crippen molar-refractivity contribution in [2.24, 2.45) is 5.92 Å². The molecule has 0 aromatic carbocycles. The summed E-state index contributed by atoms with van der Waals surface area (Å²) >= 11 is 0. The van der Waals surface area contributed by atoms with E-state index >= 15 is 0 Å². The summed E-state index contributed by atoms with van der Waals surface area (Å²) in [7, 11) is 7.11. The maximum Gasteiger partial charge on any atom is 0.0989 e. The molecule has 1 atom stereocenters. The molecule has 0 saturated heterocycles. The van der Waals surface area contributed by atoms with Crippen molar-refractivity contribution in [3.05, 3.63) is 12.2 Å². The lowest BCUT2D eigenvalue weighted by Gasteiger charge is -2.29.